The zero-order valence-electron chi connectivity index (χ0n) is 11.8. The molecule has 0 saturated carbocycles. The summed E-state index contributed by atoms with van der Waals surface area (Å²) in [5.74, 6) is -4.52. The highest BCUT2D eigenvalue weighted by Crippen LogP contribution is 2.18. The maximum Gasteiger partial charge on any atom is 0.377 e. The fourth-order valence-electron chi connectivity index (χ4n) is 1.48. The van der Waals surface area contributed by atoms with Crippen molar-refractivity contribution in [1.82, 2.24) is 0 Å². The number of rotatable bonds is 6. The number of anilines is 1. The molecular weight excluding hydrogens is 294 g/mol. The summed E-state index contributed by atoms with van der Waals surface area (Å²) in [6, 6.07) is 5.63. The van der Waals surface area contributed by atoms with Crippen LogP contribution in [0.5, 0.6) is 0 Å². The highest BCUT2D eigenvalue weighted by Gasteiger charge is 2.20. The van der Waals surface area contributed by atoms with Crippen LogP contribution in [0, 0.1) is 0 Å². The molecule has 0 bridgehead atoms. The first-order valence-corrected chi connectivity index (χ1v) is 5.92. The standard InChI is InChI=1S/C14H13NO7/c1-21-11(16)7-10(14(20)22-2)15-9-6-4-3-5-8(9)12(17)13(18)19/h3-7,15H,1-2H3,(H,18,19)/b10-7+. The molecule has 2 N–H and O–H groups in total. The molecule has 0 aliphatic carbocycles. The molecule has 0 heterocycles. The maximum absolute atomic E-state index is 11.6. The molecule has 8 nitrogen and oxygen atoms in total. The highest BCUT2D eigenvalue weighted by molar-refractivity contribution is 6.41. The molecule has 1 aromatic rings. The summed E-state index contributed by atoms with van der Waals surface area (Å²) < 4.78 is 8.90. The fraction of sp³-hybridized carbons (Fsp3) is 0.143. The van der Waals surface area contributed by atoms with Crippen LogP contribution in [0.25, 0.3) is 0 Å². The van der Waals surface area contributed by atoms with Gasteiger partial charge in [-0.1, -0.05) is 12.1 Å². The minimum absolute atomic E-state index is 0.0375. The average Bonchev–Trinajstić information content (AvgIpc) is 2.52. The number of carbonyl (C=O) groups is 4. The number of esters is 2. The molecule has 0 saturated heterocycles. The number of hydrogen-bond acceptors (Lipinski definition) is 7. The molecule has 22 heavy (non-hydrogen) atoms. The van der Waals surface area contributed by atoms with Crippen LogP contribution in [0.2, 0.25) is 0 Å². The lowest BCUT2D eigenvalue weighted by molar-refractivity contribution is -0.138. The van der Waals surface area contributed by atoms with Gasteiger partial charge in [-0.3, -0.25) is 4.79 Å². The molecule has 8 heteroatoms. The van der Waals surface area contributed by atoms with E-state index in [0.717, 1.165) is 20.3 Å². The van der Waals surface area contributed by atoms with Gasteiger partial charge in [0, 0.05) is 0 Å². The van der Waals surface area contributed by atoms with Gasteiger partial charge in [0.25, 0.3) is 5.78 Å². The molecule has 0 aliphatic heterocycles. The van der Waals surface area contributed by atoms with Crippen molar-refractivity contribution >= 4 is 29.4 Å². The van der Waals surface area contributed by atoms with Crippen molar-refractivity contribution in [3.05, 3.63) is 41.6 Å². The van der Waals surface area contributed by atoms with Gasteiger partial charge < -0.3 is 19.9 Å². The summed E-state index contributed by atoms with van der Waals surface area (Å²) in [5.41, 5.74) is -0.440. The van der Waals surface area contributed by atoms with Gasteiger partial charge in [-0.25, -0.2) is 14.4 Å². The number of carboxylic acids is 1. The average molecular weight is 307 g/mol. The third kappa shape index (κ3) is 4.17. The Bertz CT molecular complexity index is 648. The van der Waals surface area contributed by atoms with Crippen LogP contribution in [-0.4, -0.2) is 43.0 Å². The molecule has 0 aromatic heterocycles. The number of ketones is 1. The predicted molar refractivity (Wildman–Crippen MR) is 74.1 cm³/mol. The second-order valence-corrected chi connectivity index (χ2v) is 3.88. The minimum Gasteiger partial charge on any atom is -0.475 e. The Morgan fingerprint density at radius 3 is 2.27 bits per heavy atom. The first-order chi connectivity index (χ1) is 10.4. The Morgan fingerprint density at radius 1 is 1.09 bits per heavy atom. The topological polar surface area (TPSA) is 119 Å². The van der Waals surface area contributed by atoms with Crippen molar-refractivity contribution < 1.29 is 33.8 Å². The van der Waals surface area contributed by atoms with E-state index in [4.69, 9.17) is 5.11 Å². The summed E-state index contributed by atoms with van der Waals surface area (Å²) in [5, 5.41) is 11.3. The number of aliphatic carboxylic acids is 1. The van der Waals surface area contributed by atoms with E-state index in [9.17, 15) is 19.2 Å². The largest absolute Gasteiger partial charge is 0.475 e. The van der Waals surface area contributed by atoms with E-state index in [-0.39, 0.29) is 16.9 Å². The van der Waals surface area contributed by atoms with E-state index in [1.807, 2.05) is 0 Å². The number of Topliss-reactive ketones (excluding diaryl/α,β-unsaturated/α-hetero) is 1. The van der Waals surface area contributed by atoms with Crippen LogP contribution in [0.3, 0.4) is 0 Å². The Kier molecular flexibility index (Phi) is 5.82. The Hall–Kier alpha value is -3.16. The minimum atomic E-state index is -1.65. The van der Waals surface area contributed by atoms with Crippen LogP contribution in [0.1, 0.15) is 10.4 Å². The normalized spacial score (nSPS) is 10.5. The van der Waals surface area contributed by atoms with E-state index in [1.165, 1.54) is 24.3 Å². The number of nitrogens with one attached hydrogen (secondary N) is 1. The number of methoxy groups -OCH3 is 2. The van der Waals surface area contributed by atoms with Crippen LogP contribution in [0.4, 0.5) is 5.69 Å². The van der Waals surface area contributed by atoms with Crippen molar-refractivity contribution in [1.29, 1.82) is 0 Å². The van der Waals surface area contributed by atoms with E-state index < -0.39 is 23.7 Å². The number of carbonyl (C=O) groups excluding carboxylic acids is 3. The second kappa shape index (κ2) is 7.58. The maximum atomic E-state index is 11.6. The molecular formula is C14H13NO7. The lowest BCUT2D eigenvalue weighted by atomic mass is 10.1. The van der Waals surface area contributed by atoms with Crippen LogP contribution < -0.4 is 5.32 Å². The second-order valence-electron chi connectivity index (χ2n) is 3.88. The van der Waals surface area contributed by atoms with E-state index in [2.05, 4.69) is 14.8 Å². The number of ether oxygens (including phenoxy) is 2. The summed E-state index contributed by atoms with van der Waals surface area (Å²) in [4.78, 5) is 45.3. The predicted octanol–water partition coefficient (Wildman–Crippen LogP) is 0.596. The SMILES string of the molecule is COC(=O)/C=C(/Nc1ccccc1C(=O)C(=O)O)C(=O)OC. The third-order valence-electron chi connectivity index (χ3n) is 2.50. The smallest absolute Gasteiger partial charge is 0.377 e. The molecule has 0 aliphatic rings. The van der Waals surface area contributed by atoms with Gasteiger partial charge >= 0.3 is 17.9 Å². The van der Waals surface area contributed by atoms with E-state index >= 15 is 0 Å². The number of carboxylic acid groups (broad SMARTS) is 1. The number of benzene rings is 1. The van der Waals surface area contributed by atoms with Crippen molar-refractivity contribution in [3.63, 3.8) is 0 Å². The number of para-hydroxylation sites is 1. The molecule has 0 amide bonds. The van der Waals surface area contributed by atoms with Gasteiger partial charge in [0.15, 0.2) is 0 Å². The zero-order chi connectivity index (χ0) is 16.7. The van der Waals surface area contributed by atoms with Crippen LogP contribution in [0.15, 0.2) is 36.0 Å². The fourth-order valence-corrected chi connectivity index (χ4v) is 1.48. The lowest BCUT2D eigenvalue weighted by Crippen LogP contribution is -2.19. The highest BCUT2D eigenvalue weighted by atomic mass is 16.5. The summed E-state index contributed by atoms with van der Waals surface area (Å²) >= 11 is 0. The van der Waals surface area contributed by atoms with Crippen molar-refractivity contribution in [3.8, 4) is 0 Å². The zero-order valence-corrected chi connectivity index (χ0v) is 11.8. The first-order valence-electron chi connectivity index (χ1n) is 5.92. The van der Waals surface area contributed by atoms with Crippen molar-refractivity contribution in [2.45, 2.75) is 0 Å². The van der Waals surface area contributed by atoms with Crippen molar-refractivity contribution in [2.75, 3.05) is 19.5 Å². The molecule has 0 spiro atoms. The Morgan fingerprint density at radius 2 is 1.73 bits per heavy atom. The lowest BCUT2D eigenvalue weighted by Gasteiger charge is -2.11. The number of hydrogen-bond donors (Lipinski definition) is 2. The van der Waals surface area contributed by atoms with Crippen molar-refractivity contribution in [2.24, 2.45) is 0 Å². The van der Waals surface area contributed by atoms with Gasteiger partial charge in [-0.05, 0) is 12.1 Å². The van der Waals surface area contributed by atoms with Gasteiger partial charge in [0.2, 0.25) is 0 Å². The first kappa shape index (κ1) is 16.9. The molecule has 0 fully saturated rings. The van der Waals surface area contributed by atoms with Gasteiger partial charge in [-0.15, -0.1) is 0 Å². The van der Waals surface area contributed by atoms with Crippen LogP contribution in [-0.2, 0) is 23.9 Å². The molecule has 0 atom stereocenters. The summed E-state index contributed by atoms with van der Waals surface area (Å²) in [6.45, 7) is 0. The monoisotopic (exact) mass is 307 g/mol. The molecule has 1 rings (SSSR count). The Balaban J connectivity index is 3.22. The van der Waals surface area contributed by atoms with Crippen LogP contribution >= 0.6 is 0 Å². The van der Waals surface area contributed by atoms with Gasteiger partial charge in [0.1, 0.15) is 5.70 Å². The molecule has 0 unspecified atom stereocenters. The molecule has 116 valence electrons. The van der Waals surface area contributed by atoms with Gasteiger partial charge in [-0.2, -0.15) is 0 Å². The molecule has 1 aromatic carbocycles. The summed E-state index contributed by atoms with van der Waals surface area (Å²) in [6.07, 6.45) is 0.827. The summed E-state index contributed by atoms with van der Waals surface area (Å²) in [7, 11) is 2.22. The third-order valence-corrected chi connectivity index (χ3v) is 2.50. The van der Waals surface area contributed by atoms with Gasteiger partial charge in [0.05, 0.1) is 31.5 Å². The quantitative estimate of drug-likeness (QED) is 0.339. The molecule has 0 radical (unpaired) electrons. The van der Waals surface area contributed by atoms with E-state index in [0.29, 0.717) is 0 Å². The van der Waals surface area contributed by atoms with E-state index in [1.54, 1.807) is 0 Å². The Labute approximate surface area is 125 Å².